The first kappa shape index (κ1) is 15.9. The zero-order valence-corrected chi connectivity index (χ0v) is 14.0. The molecule has 1 unspecified atom stereocenters. The minimum absolute atomic E-state index is 0.0105. The molecule has 26 heavy (non-hydrogen) atoms. The van der Waals surface area contributed by atoms with Crippen molar-refractivity contribution in [3.8, 4) is 6.07 Å². The fourth-order valence-electron chi connectivity index (χ4n) is 3.62. The van der Waals surface area contributed by atoms with Gasteiger partial charge in [0.1, 0.15) is 0 Å². The van der Waals surface area contributed by atoms with Crippen molar-refractivity contribution in [1.29, 1.82) is 5.26 Å². The van der Waals surface area contributed by atoms with E-state index in [1.807, 2.05) is 6.07 Å². The predicted molar refractivity (Wildman–Crippen MR) is 91.7 cm³/mol. The maximum atomic E-state index is 13.1. The van der Waals surface area contributed by atoms with Crippen molar-refractivity contribution in [2.75, 3.05) is 19.0 Å². The number of nitrogens with zero attached hydrogens (tertiary/aromatic N) is 2. The largest absolute Gasteiger partial charge is 0.378 e. The van der Waals surface area contributed by atoms with Crippen LogP contribution in [0.2, 0.25) is 0 Å². The fourth-order valence-corrected chi connectivity index (χ4v) is 3.62. The third-order valence-electron chi connectivity index (χ3n) is 5.01. The second kappa shape index (κ2) is 4.96. The highest BCUT2D eigenvalue weighted by atomic mass is 16.2. The molecule has 2 aromatic carbocycles. The summed E-state index contributed by atoms with van der Waals surface area (Å²) in [7, 11) is 3.56. The SMILES string of the molecule is CN(C)c1ccc2c(c1)C(=O)C1(C(=O)c3ccc(C#N)cc3C1=O)C2=O. The van der Waals surface area contributed by atoms with Crippen LogP contribution in [0.5, 0.6) is 0 Å². The molecule has 1 atom stereocenters. The van der Waals surface area contributed by atoms with Gasteiger partial charge in [-0.1, -0.05) is 0 Å². The van der Waals surface area contributed by atoms with Gasteiger partial charge < -0.3 is 4.90 Å². The summed E-state index contributed by atoms with van der Waals surface area (Å²) in [6.07, 6.45) is 0. The Morgan fingerprint density at radius 2 is 1.27 bits per heavy atom. The molecule has 126 valence electrons. The Bertz CT molecular complexity index is 1110. The molecular formula is C20H12N2O4. The number of anilines is 1. The number of rotatable bonds is 1. The molecule has 0 bridgehead atoms. The van der Waals surface area contributed by atoms with Gasteiger partial charge in [-0.15, -0.1) is 0 Å². The molecule has 2 aliphatic rings. The van der Waals surface area contributed by atoms with Crippen LogP contribution in [-0.2, 0) is 0 Å². The summed E-state index contributed by atoms with van der Waals surface area (Å²) in [5.74, 6) is -3.22. The molecule has 0 radical (unpaired) electrons. The summed E-state index contributed by atoms with van der Waals surface area (Å²) in [5, 5.41) is 9.02. The van der Waals surface area contributed by atoms with E-state index in [1.54, 1.807) is 25.1 Å². The van der Waals surface area contributed by atoms with Crippen molar-refractivity contribution >= 4 is 28.8 Å². The number of hydrogen-bond donors (Lipinski definition) is 0. The van der Waals surface area contributed by atoms with Gasteiger partial charge in [-0.2, -0.15) is 5.26 Å². The van der Waals surface area contributed by atoms with E-state index in [4.69, 9.17) is 5.26 Å². The van der Waals surface area contributed by atoms with Crippen LogP contribution in [0.15, 0.2) is 36.4 Å². The third-order valence-corrected chi connectivity index (χ3v) is 5.01. The number of fused-ring (bicyclic) bond motifs is 2. The molecule has 0 N–H and O–H groups in total. The zero-order valence-electron chi connectivity index (χ0n) is 14.0. The first-order chi connectivity index (χ1) is 12.3. The Morgan fingerprint density at radius 1 is 0.769 bits per heavy atom. The number of ketones is 4. The summed E-state index contributed by atoms with van der Waals surface area (Å²) in [6, 6.07) is 10.5. The minimum atomic E-state index is -2.37. The van der Waals surface area contributed by atoms with E-state index in [-0.39, 0.29) is 27.8 Å². The number of Topliss-reactive ketones (excluding diaryl/α,β-unsaturated/α-hetero) is 4. The predicted octanol–water partition coefficient (Wildman–Crippen LogP) is 2.07. The molecule has 0 aromatic heterocycles. The van der Waals surface area contributed by atoms with Gasteiger partial charge in [-0.25, -0.2) is 0 Å². The van der Waals surface area contributed by atoms with Crippen LogP contribution in [0.25, 0.3) is 0 Å². The Balaban J connectivity index is 1.95. The first-order valence-electron chi connectivity index (χ1n) is 7.88. The lowest BCUT2D eigenvalue weighted by molar-refractivity contribution is 0.0587. The smallest absolute Gasteiger partial charge is 0.221 e. The second-order valence-corrected chi connectivity index (χ2v) is 6.56. The maximum absolute atomic E-state index is 13.1. The highest BCUT2D eigenvalue weighted by molar-refractivity contribution is 6.56. The Morgan fingerprint density at radius 3 is 1.81 bits per heavy atom. The molecule has 6 nitrogen and oxygen atoms in total. The van der Waals surface area contributed by atoms with Crippen LogP contribution in [0.4, 0.5) is 5.69 Å². The van der Waals surface area contributed by atoms with Crippen LogP contribution in [-0.4, -0.2) is 37.2 Å². The number of carbonyl (C=O) groups is 4. The summed E-state index contributed by atoms with van der Waals surface area (Å²) in [5.41, 5.74) is -1.38. The number of carbonyl (C=O) groups excluding carboxylic acids is 4. The summed E-state index contributed by atoms with van der Waals surface area (Å²) in [4.78, 5) is 53.9. The van der Waals surface area contributed by atoms with Gasteiger partial charge in [0, 0.05) is 42.0 Å². The van der Waals surface area contributed by atoms with E-state index in [2.05, 4.69) is 0 Å². The van der Waals surface area contributed by atoms with Crippen LogP contribution in [0.3, 0.4) is 0 Å². The lowest BCUT2D eigenvalue weighted by Gasteiger charge is -2.15. The lowest BCUT2D eigenvalue weighted by Crippen LogP contribution is -2.44. The quantitative estimate of drug-likeness (QED) is 0.735. The van der Waals surface area contributed by atoms with Crippen molar-refractivity contribution in [2.24, 2.45) is 5.41 Å². The average Bonchev–Trinajstić information content (AvgIpc) is 3.00. The molecule has 0 heterocycles. The minimum Gasteiger partial charge on any atom is -0.378 e. The molecule has 0 amide bonds. The van der Waals surface area contributed by atoms with Gasteiger partial charge in [0.05, 0.1) is 11.6 Å². The van der Waals surface area contributed by atoms with Crippen LogP contribution in [0, 0.1) is 16.7 Å². The molecule has 0 saturated heterocycles. The molecule has 6 heteroatoms. The van der Waals surface area contributed by atoms with Crippen molar-refractivity contribution in [2.45, 2.75) is 0 Å². The van der Waals surface area contributed by atoms with Gasteiger partial charge in [0.15, 0.2) is 23.1 Å². The summed E-state index contributed by atoms with van der Waals surface area (Å²) < 4.78 is 0. The van der Waals surface area contributed by atoms with Crippen molar-refractivity contribution in [3.63, 3.8) is 0 Å². The zero-order chi connectivity index (χ0) is 18.8. The van der Waals surface area contributed by atoms with E-state index < -0.39 is 28.5 Å². The van der Waals surface area contributed by atoms with Gasteiger partial charge in [-0.3, -0.25) is 19.2 Å². The van der Waals surface area contributed by atoms with E-state index in [1.165, 1.54) is 30.3 Å². The second-order valence-electron chi connectivity index (χ2n) is 6.56. The van der Waals surface area contributed by atoms with Crippen LogP contribution in [0.1, 0.15) is 47.0 Å². The van der Waals surface area contributed by atoms with Crippen LogP contribution >= 0.6 is 0 Å². The van der Waals surface area contributed by atoms with E-state index in [0.717, 1.165) is 0 Å². The Labute approximate surface area is 148 Å². The molecular weight excluding hydrogens is 332 g/mol. The molecule has 4 rings (SSSR count). The molecule has 0 saturated carbocycles. The first-order valence-corrected chi connectivity index (χ1v) is 7.88. The van der Waals surface area contributed by atoms with E-state index in [9.17, 15) is 19.2 Å². The van der Waals surface area contributed by atoms with E-state index >= 15 is 0 Å². The fraction of sp³-hybridized carbons (Fsp3) is 0.150. The number of hydrogen-bond acceptors (Lipinski definition) is 6. The van der Waals surface area contributed by atoms with Gasteiger partial charge in [0.2, 0.25) is 5.41 Å². The Hall–Kier alpha value is -3.59. The molecule has 1 spiro atoms. The van der Waals surface area contributed by atoms with E-state index in [0.29, 0.717) is 5.69 Å². The molecule has 0 fully saturated rings. The summed E-state index contributed by atoms with van der Waals surface area (Å²) >= 11 is 0. The van der Waals surface area contributed by atoms with Gasteiger partial charge >= 0.3 is 0 Å². The number of benzene rings is 2. The van der Waals surface area contributed by atoms with Crippen molar-refractivity contribution in [1.82, 2.24) is 0 Å². The third kappa shape index (κ3) is 1.64. The van der Waals surface area contributed by atoms with Crippen molar-refractivity contribution < 1.29 is 19.2 Å². The van der Waals surface area contributed by atoms with Gasteiger partial charge in [0.25, 0.3) is 0 Å². The summed E-state index contributed by atoms with van der Waals surface area (Å²) in [6.45, 7) is 0. The molecule has 0 aliphatic heterocycles. The lowest BCUT2D eigenvalue weighted by atomic mass is 9.78. The van der Waals surface area contributed by atoms with Crippen molar-refractivity contribution in [3.05, 3.63) is 64.2 Å². The average molecular weight is 344 g/mol. The topological polar surface area (TPSA) is 95.3 Å². The monoisotopic (exact) mass is 344 g/mol. The van der Waals surface area contributed by atoms with Crippen LogP contribution < -0.4 is 4.90 Å². The molecule has 2 aromatic rings. The normalized spacial score (nSPS) is 20.3. The maximum Gasteiger partial charge on any atom is 0.221 e. The standard InChI is InChI=1S/C20H12N2O4/c1-22(2)11-4-6-13-15(8-11)19(26)20(17(13)24)16(23)12-5-3-10(9-21)7-14(12)18(20)25/h3-8H,1-2H3. The number of nitriles is 1. The Kier molecular flexibility index (Phi) is 3.03. The highest BCUT2D eigenvalue weighted by Gasteiger charge is 2.67. The molecule has 2 aliphatic carbocycles. The van der Waals surface area contributed by atoms with Gasteiger partial charge in [-0.05, 0) is 36.4 Å². The highest BCUT2D eigenvalue weighted by Crippen LogP contribution is 2.47.